The van der Waals surface area contributed by atoms with Crippen molar-refractivity contribution < 1.29 is 14.7 Å². The molecule has 0 spiro atoms. The van der Waals surface area contributed by atoms with Crippen molar-refractivity contribution in [2.45, 2.75) is 30.3 Å². The van der Waals surface area contributed by atoms with Gasteiger partial charge in [-0.25, -0.2) is 23.5 Å². The maximum Gasteiger partial charge on any atom is 0.347 e. The molecule has 1 saturated carbocycles. The molecule has 41 heavy (non-hydrogen) atoms. The maximum absolute atomic E-state index is 14.8. The first-order valence-electron chi connectivity index (χ1n) is 13.6. The predicted molar refractivity (Wildman–Crippen MR) is 153 cm³/mol. The lowest BCUT2D eigenvalue weighted by Crippen LogP contribution is -2.58. The summed E-state index contributed by atoms with van der Waals surface area (Å²) >= 11 is 0. The number of ketones is 2. The van der Waals surface area contributed by atoms with E-state index in [4.69, 9.17) is 0 Å². The van der Waals surface area contributed by atoms with Crippen LogP contribution in [-0.2, 0) is 28.6 Å². The molecule has 2 aliphatic carbocycles. The van der Waals surface area contributed by atoms with Crippen molar-refractivity contribution in [2.24, 2.45) is 13.0 Å². The number of benzene rings is 3. The summed E-state index contributed by atoms with van der Waals surface area (Å²) in [4.78, 5) is 55.7. The van der Waals surface area contributed by atoms with Crippen molar-refractivity contribution in [3.63, 3.8) is 0 Å². The Balaban J connectivity index is 1.57. The topological polar surface area (TPSA) is 103 Å². The van der Waals surface area contributed by atoms with E-state index in [1.54, 1.807) is 36.4 Å². The van der Waals surface area contributed by atoms with Crippen LogP contribution in [0.1, 0.15) is 35.1 Å². The van der Waals surface area contributed by atoms with Crippen molar-refractivity contribution in [3.05, 3.63) is 140 Å². The van der Waals surface area contributed by atoms with Crippen LogP contribution in [0.25, 0.3) is 5.57 Å². The van der Waals surface area contributed by atoms with Gasteiger partial charge in [-0.15, -0.1) is 0 Å². The minimum absolute atomic E-state index is 0.00503. The fraction of sp³-hybridized carbons (Fsp3) is 0.212. The number of carbonyl (C=O) groups excluding carboxylic acids is 2. The normalized spacial score (nSPS) is 25.0. The number of phenolic OH excluding ortho intramolecular Hbond substituents is 1. The highest BCUT2D eigenvalue weighted by atomic mass is 16.3. The third-order valence-electron chi connectivity index (χ3n) is 9.08. The molecule has 3 aromatic carbocycles. The lowest BCUT2D eigenvalue weighted by Gasteiger charge is -2.54. The number of aromatic hydroxyl groups is 1. The zero-order valence-corrected chi connectivity index (χ0v) is 22.3. The molecular formula is C33H27N3O5. The molecule has 0 radical (unpaired) electrons. The molecule has 3 aliphatic rings. The van der Waals surface area contributed by atoms with Crippen LogP contribution in [0.3, 0.4) is 0 Å². The van der Waals surface area contributed by atoms with Gasteiger partial charge in [-0.2, -0.15) is 0 Å². The Bertz CT molecular complexity index is 1910. The number of rotatable bonds is 3. The van der Waals surface area contributed by atoms with Gasteiger partial charge < -0.3 is 5.11 Å². The fourth-order valence-corrected chi connectivity index (χ4v) is 7.32. The first-order valence-corrected chi connectivity index (χ1v) is 13.6. The van der Waals surface area contributed by atoms with Gasteiger partial charge in [-0.3, -0.25) is 9.59 Å². The lowest BCUT2D eigenvalue weighted by atomic mass is 9.47. The molecule has 0 unspecified atom stereocenters. The zero-order chi connectivity index (χ0) is 28.5. The summed E-state index contributed by atoms with van der Waals surface area (Å²) in [6.07, 6.45) is 3.49. The van der Waals surface area contributed by atoms with Crippen LogP contribution in [-0.4, -0.2) is 30.6 Å². The molecule has 4 atom stereocenters. The van der Waals surface area contributed by atoms with Gasteiger partial charge in [-0.1, -0.05) is 84.9 Å². The number of nitrogens with zero attached hydrogens (tertiary/aromatic N) is 3. The second-order valence-electron chi connectivity index (χ2n) is 10.9. The Kier molecular flexibility index (Phi) is 5.51. The quantitative estimate of drug-likeness (QED) is 0.397. The number of Topliss-reactive ketones (excluding diaryl/α,β-unsaturated/α-hetero) is 1. The van der Waals surface area contributed by atoms with E-state index in [-0.39, 0.29) is 30.3 Å². The monoisotopic (exact) mass is 545 g/mol. The van der Waals surface area contributed by atoms with Crippen molar-refractivity contribution in [1.29, 1.82) is 0 Å². The van der Waals surface area contributed by atoms with E-state index >= 15 is 0 Å². The Hall–Kier alpha value is -4.98. The summed E-state index contributed by atoms with van der Waals surface area (Å²) in [5.74, 6) is -2.09. The van der Waals surface area contributed by atoms with Gasteiger partial charge in [0.25, 0.3) is 0 Å². The number of allylic oxidation sites excluding steroid dienone is 4. The van der Waals surface area contributed by atoms with Gasteiger partial charge >= 0.3 is 11.4 Å². The highest BCUT2D eigenvalue weighted by Crippen LogP contribution is 2.62. The van der Waals surface area contributed by atoms with E-state index in [0.29, 0.717) is 22.3 Å². The zero-order valence-electron chi connectivity index (χ0n) is 22.3. The first kappa shape index (κ1) is 25.0. The smallest absolute Gasteiger partial charge is 0.347 e. The van der Waals surface area contributed by atoms with Crippen molar-refractivity contribution >= 4 is 17.1 Å². The second kappa shape index (κ2) is 9.02. The highest BCUT2D eigenvalue weighted by molar-refractivity contribution is 6.31. The summed E-state index contributed by atoms with van der Waals surface area (Å²) in [7, 11) is 1.44. The van der Waals surface area contributed by atoms with E-state index < -0.39 is 34.7 Å². The standard InChI is InChI=1S/C33H27N3O5/c1-34-31(40)35-17-16-22-26(36(35)32(34)41)19-25-30(39)24(20-10-4-2-5-11-20)18-28(38)33(25,21-12-6-3-7-13-21)29(22)23-14-8-9-15-27(23)37/h2-16,18,25-26,29,37H,17,19H2,1H3/t25-,26+,29+,33-/m0/s1. The average molecular weight is 546 g/mol. The fourth-order valence-electron chi connectivity index (χ4n) is 7.32. The van der Waals surface area contributed by atoms with Crippen LogP contribution in [0.4, 0.5) is 0 Å². The maximum atomic E-state index is 14.8. The Morgan fingerprint density at radius 1 is 0.829 bits per heavy atom. The SMILES string of the molecule is Cn1c(=O)n2n(c1=O)[C@@H]1C[C@H]3C(=O)C(c4ccccc4)=CC(=O)[C@@]3(c3ccccc3)[C@@H](c3ccccc3O)C1=CC2. The highest BCUT2D eigenvalue weighted by Gasteiger charge is 2.63. The first-order chi connectivity index (χ1) is 19.9. The molecule has 0 amide bonds. The van der Waals surface area contributed by atoms with Crippen molar-refractivity contribution in [1.82, 2.24) is 13.9 Å². The molecule has 4 aromatic rings. The number of carbonyl (C=O) groups is 2. The number of hydrogen-bond donors (Lipinski definition) is 1. The minimum atomic E-state index is -1.38. The van der Waals surface area contributed by atoms with E-state index in [0.717, 1.165) is 10.1 Å². The van der Waals surface area contributed by atoms with Gasteiger partial charge in [0.1, 0.15) is 5.75 Å². The number of para-hydroxylation sites is 1. The Labute approximate surface area is 235 Å². The average Bonchev–Trinajstić information content (AvgIpc) is 3.23. The summed E-state index contributed by atoms with van der Waals surface area (Å²) in [5.41, 5.74) is 0.560. The van der Waals surface area contributed by atoms with Crippen molar-refractivity contribution in [2.75, 3.05) is 0 Å². The van der Waals surface area contributed by atoms with Crippen LogP contribution >= 0.6 is 0 Å². The number of aromatic nitrogens is 3. The van der Waals surface area contributed by atoms with Gasteiger partial charge in [0.15, 0.2) is 11.6 Å². The minimum Gasteiger partial charge on any atom is -0.508 e. The number of hydrogen-bond acceptors (Lipinski definition) is 5. The van der Waals surface area contributed by atoms with Gasteiger partial charge in [0, 0.05) is 30.0 Å². The van der Waals surface area contributed by atoms with E-state index in [1.165, 1.54) is 22.5 Å². The molecule has 1 aromatic heterocycles. The molecule has 204 valence electrons. The molecule has 0 bridgehead atoms. The van der Waals surface area contributed by atoms with Crippen LogP contribution < -0.4 is 11.4 Å². The van der Waals surface area contributed by atoms with E-state index in [2.05, 4.69) is 0 Å². The largest absolute Gasteiger partial charge is 0.508 e. The predicted octanol–water partition coefficient (Wildman–Crippen LogP) is 3.51. The van der Waals surface area contributed by atoms with Gasteiger partial charge in [0.2, 0.25) is 0 Å². The van der Waals surface area contributed by atoms with Crippen molar-refractivity contribution in [3.8, 4) is 5.75 Å². The summed E-state index contributed by atoms with van der Waals surface area (Å²) in [6.45, 7) is 0.133. The molecule has 7 rings (SSSR count). The van der Waals surface area contributed by atoms with Crippen LogP contribution in [0.5, 0.6) is 5.75 Å². The van der Waals surface area contributed by atoms with Gasteiger partial charge in [-0.05, 0) is 35.3 Å². The third-order valence-corrected chi connectivity index (χ3v) is 9.08. The van der Waals surface area contributed by atoms with Crippen LogP contribution in [0.15, 0.2) is 112 Å². The second-order valence-corrected chi connectivity index (χ2v) is 10.9. The third kappa shape index (κ3) is 3.33. The molecule has 0 saturated heterocycles. The number of fused-ring (bicyclic) bond motifs is 4. The molecule has 1 fully saturated rings. The molecule has 8 nitrogen and oxygen atoms in total. The summed E-state index contributed by atoms with van der Waals surface area (Å²) in [5, 5.41) is 11.2. The Morgan fingerprint density at radius 2 is 1.49 bits per heavy atom. The van der Waals surface area contributed by atoms with Crippen LogP contribution in [0.2, 0.25) is 0 Å². The molecule has 8 heteroatoms. The molecule has 2 heterocycles. The lowest BCUT2D eigenvalue weighted by molar-refractivity contribution is -0.133. The summed E-state index contributed by atoms with van der Waals surface area (Å²) in [6, 6.07) is 24.6. The Morgan fingerprint density at radius 3 is 2.20 bits per heavy atom. The number of phenols is 1. The van der Waals surface area contributed by atoms with Crippen LogP contribution in [0, 0.1) is 5.92 Å². The van der Waals surface area contributed by atoms with Gasteiger partial charge in [0.05, 0.1) is 18.0 Å². The van der Waals surface area contributed by atoms with E-state index in [9.17, 15) is 24.3 Å². The molecule has 1 N–H and O–H groups in total. The molecular weight excluding hydrogens is 518 g/mol. The molecule has 1 aliphatic heterocycles. The van der Waals surface area contributed by atoms with E-state index in [1.807, 2.05) is 54.6 Å². The summed E-state index contributed by atoms with van der Waals surface area (Å²) < 4.78 is 3.88.